The lowest BCUT2D eigenvalue weighted by molar-refractivity contribution is -0.128. The van der Waals surface area contributed by atoms with Crippen molar-refractivity contribution in [3.63, 3.8) is 0 Å². The molecule has 8 nitrogen and oxygen atoms in total. The number of benzene rings is 2. The van der Waals surface area contributed by atoms with Crippen LogP contribution in [-0.4, -0.2) is 59.0 Å². The van der Waals surface area contributed by atoms with Crippen LogP contribution in [0, 0.1) is 5.82 Å². The SMILES string of the molecule is COCCOc1ccc(Cc2ncc(F)c(Nc3cccc(CC(=O)C(O)CO)c3)n2)cc1. The first-order valence-electron chi connectivity index (χ1n) is 10.4. The number of methoxy groups -OCH3 is 1. The number of hydrogen-bond acceptors (Lipinski definition) is 8. The predicted octanol–water partition coefficient (Wildman–Crippen LogP) is 2.44. The number of carbonyl (C=O) groups excluding carboxylic acids is 1. The molecule has 1 unspecified atom stereocenters. The van der Waals surface area contributed by atoms with Crippen LogP contribution < -0.4 is 10.1 Å². The Labute approximate surface area is 191 Å². The molecule has 9 heteroatoms. The molecule has 0 spiro atoms. The van der Waals surface area contributed by atoms with Crippen molar-refractivity contribution in [3.8, 4) is 5.75 Å². The van der Waals surface area contributed by atoms with E-state index in [1.165, 1.54) is 0 Å². The Balaban J connectivity index is 1.67. The van der Waals surface area contributed by atoms with Crippen molar-refractivity contribution >= 4 is 17.3 Å². The van der Waals surface area contributed by atoms with Crippen LogP contribution in [0.15, 0.2) is 54.7 Å². The fourth-order valence-corrected chi connectivity index (χ4v) is 3.02. The minimum absolute atomic E-state index is 0.0124. The van der Waals surface area contributed by atoms with Crippen LogP contribution in [0.4, 0.5) is 15.9 Å². The smallest absolute Gasteiger partial charge is 0.184 e. The van der Waals surface area contributed by atoms with Crippen LogP contribution in [0.5, 0.6) is 5.75 Å². The molecule has 0 aliphatic heterocycles. The molecule has 0 radical (unpaired) electrons. The average Bonchev–Trinajstić information content (AvgIpc) is 2.82. The quantitative estimate of drug-likeness (QED) is 0.357. The van der Waals surface area contributed by atoms with E-state index in [-0.39, 0.29) is 12.2 Å². The number of aromatic nitrogens is 2. The van der Waals surface area contributed by atoms with Gasteiger partial charge in [0.2, 0.25) is 0 Å². The Kier molecular flexibility index (Phi) is 8.82. The molecule has 0 aliphatic carbocycles. The second-order valence-electron chi connectivity index (χ2n) is 7.31. The summed E-state index contributed by atoms with van der Waals surface area (Å²) in [5.41, 5.74) is 2.08. The zero-order chi connectivity index (χ0) is 23.6. The van der Waals surface area contributed by atoms with E-state index in [0.29, 0.717) is 36.7 Å². The topological polar surface area (TPSA) is 114 Å². The minimum atomic E-state index is -1.42. The fourth-order valence-electron chi connectivity index (χ4n) is 3.02. The Bertz CT molecular complexity index is 1060. The van der Waals surface area contributed by atoms with Gasteiger partial charge < -0.3 is 25.0 Å². The highest BCUT2D eigenvalue weighted by Crippen LogP contribution is 2.20. The second-order valence-corrected chi connectivity index (χ2v) is 7.31. The molecule has 33 heavy (non-hydrogen) atoms. The molecule has 1 heterocycles. The molecular weight excluding hydrogens is 429 g/mol. The lowest BCUT2D eigenvalue weighted by Crippen LogP contribution is -2.25. The maximum absolute atomic E-state index is 14.3. The summed E-state index contributed by atoms with van der Waals surface area (Å²) < 4.78 is 24.8. The molecular formula is C24H26FN3O5. The van der Waals surface area contributed by atoms with Crippen LogP contribution in [-0.2, 0) is 22.4 Å². The molecule has 1 aromatic heterocycles. The summed E-state index contributed by atoms with van der Waals surface area (Å²) in [5.74, 6) is 0.0592. The van der Waals surface area contributed by atoms with Crippen molar-refractivity contribution in [2.24, 2.45) is 0 Å². The molecule has 2 aromatic carbocycles. The number of rotatable bonds is 12. The number of anilines is 2. The molecule has 3 N–H and O–H groups in total. The van der Waals surface area contributed by atoms with Crippen molar-refractivity contribution in [3.05, 3.63) is 77.5 Å². The first-order chi connectivity index (χ1) is 16.0. The van der Waals surface area contributed by atoms with Crippen molar-refractivity contribution < 1.29 is 28.9 Å². The molecule has 1 atom stereocenters. The van der Waals surface area contributed by atoms with Crippen molar-refractivity contribution in [1.82, 2.24) is 9.97 Å². The number of nitrogens with zero attached hydrogens (tertiary/aromatic N) is 2. The highest BCUT2D eigenvalue weighted by molar-refractivity contribution is 5.85. The Hall–Kier alpha value is -3.40. The van der Waals surface area contributed by atoms with Crippen molar-refractivity contribution in [2.75, 3.05) is 32.2 Å². The van der Waals surface area contributed by atoms with Gasteiger partial charge in [-0.2, -0.15) is 0 Å². The van der Waals surface area contributed by atoms with E-state index < -0.39 is 24.3 Å². The lowest BCUT2D eigenvalue weighted by atomic mass is 10.1. The maximum atomic E-state index is 14.3. The molecule has 0 saturated heterocycles. The zero-order valence-electron chi connectivity index (χ0n) is 18.2. The van der Waals surface area contributed by atoms with Gasteiger partial charge in [-0.05, 0) is 35.4 Å². The molecule has 0 bridgehead atoms. The van der Waals surface area contributed by atoms with Crippen LogP contribution in [0.3, 0.4) is 0 Å². The number of ketones is 1. The number of aliphatic hydroxyl groups is 2. The van der Waals surface area contributed by atoms with Crippen LogP contribution >= 0.6 is 0 Å². The van der Waals surface area contributed by atoms with Gasteiger partial charge in [-0.3, -0.25) is 4.79 Å². The maximum Gasteiger partial charge on any atom is 0.184 e. The highest BCUT2D eigenvalue weighted by atomic mass is 19.1. The summed E-state index contributed by atoms with van der Waals surface area (Å²) >= 11 is 0. The first kappa shape index (κ1) is 24.2. The van der Waals surface area contributed by atoms with E-state index in [9.17, 15) is 14.3 Å². The Morgan fingerprint density at radius 3 is 2.67 bits per heavy atom. The van der Waals surface area contributed by atoms with Gasteiger partial charge in [-0.15, -0.1) is 0 Å². The van der Waals surface area contributed by atoms with Crippen molar-refractivity contribution in [1.29, 1.82) is 0 Å². The van der Waals surface area contributed by atoms with E-state index in [2.05, 4.69) is 15.3 Å². The summed E-state index contributed by atoms with van der Waals surface area (Å²) in [6.45, 7) is 0.337. The molecule has 3 rings (SSSR count). The summed E-state index contributed by atoms with van der Waals surface area (Å²) in [6.07, 6.45) is 0.0353. The molecule has 0 saturated carbocycles. The van der Waals surface area contributed by atoms with Gasteiger partial charge in [-0.1, -0.05) is 24.3 Å². The number of carbonyl (C=O) groups is 1. The van der Waals surface area contributed by atoms with E-state index in [1.54, 1.807) is 31.4 Å². The minimum Gasteiger partial charge on any atom is -0.491 e. The average molecular weight is 455 g/mol. The summed E-state index contributed by atoms with van der Waals surface area (Å²) in [4.78, 5) is 20.2. The number of nitrogens with one attached hydrogen (secondary N) is 1. The second kappa shape index (κ2) is 12.0. The number of Topliss-reactive ketones (excluding diaryl/α,β-unsaturated/α-hetero) is 1. The normalized spacial score (nSPS) is 11.8. The zero-order valence-corrected chi connectivity index (χ0v) is 18.2. The predicted molar refractivity (Wildman–Crippen MR) is 120 cm³/mol. The third kappa shape index (κ3) is 7.31. The summed E-state index contributed by atoms with van der Waals surface area (Å²) in [7, 11) is 1.61. The van der Waals surface area contributed by atoms with Gasteiger partial charge in [-0.25, -0.2) is 14.4 Å². The number of aliphatic hydroxyl groups excluding tert-OH is 2. The van der Waals surface area contributed by atoms with E-state index in [0.717, 1.165) is 17.5 Å². The van der Waals surface area contributed by atoms with Crippen LogP contribution in [0.2, 0.25) is 0 Å². The highest BCUT2D eigenvalue weighted by Gasteiger charge is 2.15. The van der Waals surface area contributed by atoms with Gasteiger partial charge in [0.05, 0.1) is 19.4 Å². The number of hydrogen-bond donors (Lipinski definition) is 3. The molecule has 174 valence electrons. The van der Waals surface area contributed by atoms with Crippen LogP contribution in [0.1, 0.15) is 17.0 Å². The standard InChI is InChI=1S/C24H26FN3O5/c1-32-9-10-33-19-7-5-16(6-8-19)13-23-26-14-20(25)24(28-23)27-18-4-2-3-17(11-18)12-21(30)22(31)15-29/h2-8,11,14,22,29,31H,9-10,12-13,15H2,1H3,(H,26,27,28). The molecule has 0 amide bonds. The van der Waals surface area contributed by atoms with Crippen LogP contribution in [0.25, 0.3) is 0 Å². The first-order valence-corrected chi connectivity index (χ1v) is 10.4. The fraction of sp³-hybridized carbons (Fsp3) is 0.292. The van der Waals surface area contributed by atoms with E-state index in [4.69, 9.17) is 14.6 Å². The monoisotopic (exact) mass is 455 g/mol. The molecule has 0 aliphatic rings. The largest absolute Gasteiger partial charge is 0.491 e. The van der Waals surface area contributed by atoms with E-state index >= 15 is 0 Å². The van der Waals surface area contributed by atoms with Gasteiger partial charge in [0, 0.05) is 25.6 Å². The van der Waals surface area contributed by atoms with Gasteiger partial charge >= 0.3 is 0 Å². The lowest BCUT2D eigenvalue weighted by Gasteiger charge is -2.11. The third-order valence-electron chi connectivity index (χ3n) is 4.75. The number of ether oxygens (including phenoxy) is 2. The Morgan fingerprint density at radius 2 is 1.94 bits per heavy atom. The van der Waals surface area contributed by atoms with Gasteiger partial charge in [0.15, 0.2) is 17.4 Å². The number of halogens is 1. The van der Waals surface area contributed by atoms with Gasteiger partial charge in [0.1, 0.15) is 24.3 Å². The van der Waals surface area contributed by atoms with Crippen molar-refractivity contribution in [2.45, 2.75) is 18.9 Å². The third-order valence-corrected chi connectivity index (χ3v) is 4.75. The summed E-state index contributed by atoms with van der Waals surface area (Å²) in [6, 6.07) is 14.2. The van der Waals surface area contributed by atoms with E-state index in [1.807, 2.05) is 24.3 Å². The molecule has 0 fully saturated rings. The summed E-state index contributed by atoms with van der Waals surface area (Å²) in [5, 5.41) is 21.3. The molecule has 3 aromatic rings. The van der Waals surface area contributed by atoms with Gasteiger partial charge in [0.25, 0.3) is 0 Å². The Morgan fingerprint density at radius 1 is 1.15 bits per heavy atom.